The van der Waals surface area contributed by atoms with Gasteiger partial charge in [-0.25, -0.2) is 8.78 Å². The smallest absolute Gasteiger partial charge is 0.257 e. The summed E-state index contributed by atoms with van der Waals surface area (Å²) in [5, 5.41) is 0. The third-order valence-electron chi connectivity index (χ3n) is 6.36. The van der Waals surface area contributed by atoms with Crippen LogP contribution in [0.3, 0.4) is 0 Å². The normalized spacial score (nSPS) is 19.7. The number of rotatable bonds is 9. The molecular formula is C25H30F3N3O2. The van der Waals surface area contributed by atoms with Crippen LogP contribution in [0.2, 0.25) is 0 Å². The number of primary amides is 1. The van der Waals surface area contributed by atoms with E-state index in [1.807, 2.05) is 30.3 Å². The quantitative estimate of drug-likeness (QED) is 0.619. The van der Waals surface area contributed by atoms with Crippen molar-refractivity contribution >= 4 is 5.91 Å². The van der Waals surface area contributed by atoms with Gasteiger partial charge in [0.2, 0.25) is 5.91 Å². The highest BCUT2D eigenvalue weighted by molar-refractivity contribution is 5.93. The van der Waals surface area contributed by atoms with E-state index in [4.69, 9.17) is 10.5 Å². The minimum absolute atomic E-state index is 0.153. The molecule has 2 aromatic carbocycles. The highest BCUT2D eigenvalue weighted by atomic mass is 19.3. The molecule has 0 bridgehead atoms. The van der Waals surface area contributed by atoms with E-state index in [1.165, 1.54) is 0 Å². The lowest BCUT2D eigenvalue weighted by Gasteiger charge is -2.39. The van der Waals surface area contributed by atoms with E-state index in [2.05, 4.69) is 4.90 Å². The van der Waals surface area contributed by atoms with Crippen LogP contribution >= 0.6 is 0 Å². The van der Waals surface area contributed by atoms with Gasteiger partial charge in [-0.05, 0) is 47.4 Å². The number of alkyl halides is 3. The van der Waals surface area contributed by atoms with Gasteiger partial charge in [-0.2, -0.15) is 0 Å². The number of hydrogen-bond acceptors (Lipinski definition) is 4. The lowest BCUT2D eigenvalue weighted by molar-refractivity contribution is -0.0238. The summed E-state index contributed by atoms with van der Waals surface area (Å²) < 4.78 is 46.2. The summed E-state index contributed by atoms with van der Waals surface area (Å²) in [6.45, 7) is 3.56. The number of ether oxygens (including phenoxy) is 1. The Kier molecular flexibility index (Phi) is 6.95. The van der Waals surface area contributed by atoms with Gasteiger partial charge in [-0.1, -0.05) is 18.2 Å². The molecule has 1 atom stereocenters. The number of carbonyl (C=O) groups is 1. The van der Waals surface area contributed by atoms with E-state index in [0.717, 1.165) is 43.2 Å². The molecule has 1 saturated heterocycles. The van der Waals surface area contributed by atoms with Crippen LogP contribution in [0.4, 0.5) is 13.2 Å². The first-order valence-electron chi connectivity index (χ1n) is 11.3. The zero-order valence-electron chi connectivity index (χ0n) is 18.8. The molecule has 0 aromatic heterocycles. The molecule has 4 rings (SSSR count). The topological polar surface area (TPSA) is 58.8 Å². The summed E-state index contributed by atoms with van der Waals surface area (Å²) in [7, 11) is 0. The van der Waals surface area contributed by atoms with Crippen molar-refractivity contribution in [2.24, 2.45) is 11.7 Å². The molecule has 0 spiro atoms. The fraction of sp³-hybridized carbons (Fsp3) is 0.480. The van der Waals surface area contributed by atoms with E-state index in [-0.39, 0.29) is 25.2 Å². The maximum atomic E-state index is 13.9. The molecule has 5 nitrogen and oxygen atoms in total. The van der Waals surface area contributed by atoms with Gasteiger partial charge >= 0.3 is 0 Å². The van der Waals surface area contributed by atoms with Crippen LogP contribution in [0.5, 0.6) is 5.75 Å². The minimum Gasteiger partial charge on any atom is -0.492 e. The summed E-state index contributed by atoms with van der Waals surface area (Å²) >= 11 is 0. The van der Waals surface area contributed by atoms with Crippen molar-refractivity contribution in [2.75, 3.05) is 46.0 Å². The van der Waals surface area contributed by atoms with E-state index < -0.39 is 11.8 Å². The van der Waals surface area contributed by atoms with Crippen molar-refractivity contribution in [3.63, 3.8) is 0 Å². The van der Waals surface area contributed by atoms with E-state index in [1.54, 1.807) is 17.0 Å². The Morgan fingerprint density at radius 1 is 1.18 bits per heavy atom. The summed E-state index contributed by atoms with van der Waals surface area (Å²) in [5.41, 5.74) is 8.59. The first kappa shape index (κ1) is 23.6. The predicted octanol–water partition coefficient (Wildman–Crippen LogP) is 3.67. The molecule has 0 unspecified atom stereocenters. The molecule has 8 heteroatoms. The zero-order chi connectivity index (χ0) is 23.6. The fourth-order valence-corrected chi connectivity index (χ4v) is 4.75. The molecule has 33 heavy (non-hydrogen) atoms. The molecular weight excluding hydrogens is 431 g/mol. The van der Waals surface area contributed by atoms with Gasteiger partial charge in [-0.3, -0.25) is 19.0 Å². The van der Waals surface area contributed by atoms with E-state index in [0.29, 0.717) is 30.9 Å². The van der Waals surface area contributed by atoms with Gasteiger partial charge in [-0.15, -0.1) is 0 Å². The Labute approximate surface area is 192 Å². The van der Waals surface area contributed by atoms with Crippen molar-refractivity contribution < 1.29 is 22.7 Å². The number of halogens is 3. The Morgan fingerprint density at radius 3 is 2.55 bits per heavy atom. The maximum absolute atomic E-state index is 13.9. The summed E-state index contributed by atoms with van der Waals surface area (Å²) in [6, 6.07) is 12.4. The molecule has 0 aliphatic carbocycles. The van der Waals surface area contributed by atoms with Crippen LogP contribution in [-0.4, -0.2) is 67.6 Å². The first-order valence-corrected chi connectivity index (χ1v) is 11.3. The monoisotopic (exact) mass is 461 g/mol. The van der Waals surface area contributed by atoms with E-state index in [9.17, 15) is 18.0 Å². The molecule has 178 valence electrons. The largest absolute Gasteiger partial charge is 0.492 e. The van der Waals surface area contributed by atoms with Gasteiger partial charge in [0.25, 0.3) is 5.92 Å². The molecule has 2 N–H and O–H groups in total. The average Bonchev–Trinajstić information content (AvgIpc) is 2.74. The fourth-order valence-electron chi connectivity index (χ4n) is 4.75. The molecule has 2 heterocycles. The summed E-state index contributed by atoms with van der Waals surface area (Å²) in [6.07, 6.45) is 0.573. The number of amides is 1. The van der Waals surface area contributed by atoms with Crippen LogP contribution in [-0.2, 0) is 6.42 Å². The number of nitrogens with zero attached hydrogens (tertiary/aromatic N) is 2. The Bertz CT molecular complexity index is 972. The summed E-state index contributed by atoms with van der Waals surface area (Å²) in [4.78, 5) is 15.5. The van der Waals surface area contributed by atoms with Crippen molar-refractivity contribution in [1.82, 2.24) is 9.80 Å². The third-order valence-corrected chi connectivity index (χ3v) is 6.36. The van der Waals surface area contributed by atoms with Crippen LogP contribution in [0.25, 0.3) is 0 Å². The number of benzene rings is 2. The van der Waals surface area contributed by atoms with Crippen molar-refractivity contribution in [3.05, 3.63) is 64.7 Å². The van der Waals surface area contributed by atoms with Crippen molar-refractivity contribution in [1.29, 1.82) is 0 Å². The number of likely N-dealkylation sites (tertiary alicyclic amines) is 1. The van der Waals surface area contributed by atoms with Crippen LogP contribution < -0.4 is 10.5 Å². The summed E-state index contributed by atoms with van der Waals surface area (Å²) in [5.74, 6) is -2.48. The molecule has 2 aliphatic rings. The Hall–Kier alpha value is -2.58. The number of nitrogens with two attached hydrogens (primary N) is 1. The zero-order valence-corrected chi connectivity index (χ0v) is 18.8. The first-order chi connectivity index (χ1) is 15.7. The standard InChI is InChI=1S/C25H30F3N3O2/c1-25(27,28)16-31-9-8-19-12-20(24(29)32)4-7-22(19)23(31)18-2-5-21(6-3-18)33-11-10-30-14-17(13-26)15-30/h2-7,12,17,23H,8-11,13-16H2,1H3,(H2,29,32)/t23-/m0/s1. The van der Waals surface area contributed by atoms with Crippen LogP contribution in [0, 0.1) is 5.92 Å². The van der Waals surface area contributed by atoms with Crippen molar-refractivity contribution in [3.8, 4) is 5.75 Å². The molecule has 2 aliphatic heterocycles. The van der Waals surface area contributed by atoms with Gasteiger partial charge in [0.05, 0.1) is 19.3 Å². The second kappa shape index (κ2) is 9.73. The highest BCUT2D eigenvalue weighted by Crippen LogP contribution is 2.37. The van der Waals surface area contributed by atoms with Gasteiger partial charge in [0, 0.05) is 44.6 Å². The van der Waals surface area contributed by atoms with Gasteiger partial charge in [0.1, 0.15) is 12.4 Å². The maximum Gasteiger partial charge on any atom is 0.257 e. The average molecular weight is 462 g/mol. The Morgan fingerprint density at radius 2 is 1.91 bits per heavy atom. The number of hydrogen-bond donors (Lipinski definition) is 1. The van der Waals surface area contributed by atoms with Gasteiger partial charge in [0.15, 0.2) is 0 Å². The van der Waals surface area contributed by atoms with Crippen LogP contribution in [0.1, 0.15) is 40.0 Å². The number of carbonyl (C=O) groups excluding carboxylic acids is 1. The van der Waals surface area contributed by atoms with Crippen LogP contribution in [0.15, 0.2) is 42.5 Å². The molecule has 1 amide bonds. The van der Waals surface area contributed by atoms with E-state index >= 15 is 0 Å². The van der Waals surface area contributed by atoms with Gasteiger partial charge < -0.3 is 10.5 Å². The lowest BCUT2D eigenvalue weighted by atomic mass is 9.86. The second-order valence-corrected chi connectivity index (χ2v) is 9.17. The highest BCUT2D eigenvalue weighted by Gasteiger charge is 2.35. The molecule has 0 radical (unpaired) electrons. The third kappa shape index (κ3) is 5.68. The van der Waals surface area contributed by atoms with Crippen molar-refractivity contribution in [2.45, 2.75) is 25.3 Å². The second-order valence-electron chi connectivity index (χ2n) is 9.17. The lowest BCUT2D eigenvalue weighted by Crippen LogP contribution is -2.49. The molecule has 2 aromatic rings. The number of fused-ring (bicyclic) bond motifs is 1. The predicted molar refractivity (Wildman–Crippen MR) is 121 cm³/mol. The molecule has 1 fully saturated rings. The molecule has 0 saturated carbocycles. The minimum atomic E-state index is -2.83. The SMILES string of the molecule is CC(F)(F)CN1CCc2cc(C(N)=O)ccc2[C@@H]1c1ccc(OCCN2CC(CF)C2)cc1. The Balaban J connectivity index is 1.49.